The molecule has 1 aliphatic heterocycles. The van der Waals surface area contributed by atoms with Crippen molar-refractivity contribution in [1.82, 2.24) is 9.78 Å². The minimum Gasteiger partial charge on any atom is -0.486 e. The molecule has 0 saturated carbocycles. The van der Waals surface area contributed by atoms with E-state index in [2.05, 4.69) is 5.10 Å². The van der Waals surface area contributed by atoms with Gasteiger partial charge in [0.1, 0.15) is 24.8 Å². The first kappa shape index (κ1) is 17.3. The number of halogens is 1. The minimum atomic E-state index is -0.387. The Balaban J connectivity index is 2.06. The summed E-state index contributed by atoms with van der Waals surface area (Å²) in [5, 5.41) is 14.3. The van der Waals surface area contributed by atoms with Crippen molar-refractivity contribution < 1.29 is 9.47 Å². The predicted molar refractivity (Wildman–Crippen MR) is 93.5 cm³/mol. The third-order valence-electron chi connectivity index (χ3n) is 4.13. The van der Waals surface area contributed by atoms with Gasteiger partial charge in [-0.25, -0.2) is 4.68 Å². The number of rotatable bonds is 4. The molecule has 0 unspecified atom stereocenters. The van der Waals surface area contributed by atoms with Gasteiger partial charge in [0, 0.05) is 0 Å². The Morgan fingerprint density at radius 1 is 1.28 bits per heavy atom. The molecule has 1 aromatic heterocycles. The van der Waals surface area contributed by atoms with Gasteiger partial charge >= 0.3 is 0 Å². The molecule has 2 aromatic rings. The molecule has 1 aromatic carbocycles. The fourth-order valence-corrected chi connectivity index (χ4v) is 3.26. The molecule has 130 valence electrons. The number of nitriles is 1. The van der Waals surface area contributed by atoms with E-state index in [0.29, 0.717) is 42.6 Å². The van der Waals surface area contributed by atoms with Gasteiger partial charge in [0.05, 0.1) is 17.3 Å². The molecular formula is C18H18ClN3O3. The number of nitrogens with zero attached hydrogens (tertiary/aromatic N) is 3. The number of benzene rings is 1. The van der Waals surface area contributed by atoms with Gasteiger partial charge in [-0.15, -0.1) is 0 Å². The summed E-state index contributed by atoms with van der Waals surface area (Å²) < 4.78 is 12.4. The van der Waals surface area contributed by atoms with Crippen molar-refractivity contribution in [2.24, 2.45) is 0 Å². The van der Waals surface area contributed by atoms with Crippen molar-refractivity contribution in [3.8, 4) is 17.6 Å². The normalized spacial score (nSPS) is 12.7. The molecule has 1 aliphatic rings. The molecule has 0 saturated heterocycles. The van der Waals surface area contributed by atoms with E-state index in [1.165, 1.54) is 4.68 Å². The number of hydrogen-bond acceptors (Lipinski definition) is 5. The van der Waals surface area contributed by atoms with E-state index in [4.69, 9.17) is 21.1 Å². The summed E-state index contributed by atoms with van der Waals surface area (Å²) in [6.45, 7) is 4.99. The van der Waals surface area contributed by atoms with Crippen molar-refractivity contribution in [1.29, 1.82) is 5.26 Å². The fraction of sp³-hybridized carbons (Fsp3) is 0.389. The van der Waals surface area contributed by atoms with Crippen LogP contribution in [0.3, 0.4) is 0 Å². The summed E-state index contributed by atoms with van der Waals surface area (Å²) >= 11 is 6.25. The predicted octanol–water partition coefficient (Wildman–Crippen LogP) is 2.71. The summed E-state index contributed by atoms with van der Waals surface area (Å²) in [5.41, 5.74) is 2.04. The highest BCUT2D eigenvalue weighted by Crippen LogP contribution is 2.38. The van der Waals surface area contributed by atoms with Crippen molar-refractivity contribution in [2.45, 2.75) is 33.2 Å². The van der Waals surface area contributed by atoms with Gasteiger partial charge < -0.3 is 9.47 Å². The summed E-state index contributed by atoms with van der Waals surface area (Å²) in [6, 6.07) is 5.56. The zero-order valence-electron chi connectivity index (χ0n) is 14.1. The second-order valence-electron chi connectivity index (χ2n) is 5.68. The zero-order chi connectivity index (χ0) is 18.0. The van der Waals surface area contributed by atoms with Gasteiger partial charge in [-0.05, 0) is 36.1 Å². The van der Waals surface area contributed by atoms with Gasteiger partial charge in [0.2, 0.25) is 0 Å². The standard InChI is InChI=1S/C18H18ClN3O3/c1-3-12-13(9-20)18(23)22(21-15(12)4-2)10-11-7-14(19)17-16(8-11)24-5-6-25-17/h7-8H,3-6,10H2,1-2H3. The number of hydrogen-bond donors (Lipinski definition) is 0. The van der Waals surface area contributed by atoms with Gasteiger partial charge in [-0.3, -0.25) is 4.79 Å². The van der Waals surface area contributed by atoms with E-state index in [-0.39, 0.29) is 17.7 Å². The summed E-state index contributed by atoms with van der Waals surface area (Å²) in [4.78, 5) is 12.6. The van der Waals surface area contributed by atoms with Crippen molar-refractivity contribution in [3.63, 3.8) is 0 Å². The number of fused-ring (bicyclic) bond motifs is 1. The first-order valence-electron chi connectivity index (χ1n) is 8.20. The largest absolute Gasteiger partial charge is 0.486 e. The maximum atomic E-state index is 12.6. The third-order valence-corrected chi connectivity index (χ3v) is 4.41. The highest BCUT2D eigenvalue weighted by Gasteiger charge is 2.19. The van der Waals surface area contributed by atoms with Crippen molar-refractivity contribution in [3.05, 3.63) is 49.9 Å². The lowest BCUT2D eigenvalue weighted by Gasteiger charge is -2.20. The van der Waals surface area contributed by atoms with Crippen molar-refractivity contribution in [2.75, 3.05) is 13.2 Å². The number of aryl methyl sites for hydroxylation is 1. The van der Waals surface area contributed by atoms with Crippen LogP contribution in [0.15, 0.2) is 16.9 Å². The first-order chi connectivity index (χ1) is 12.1. The van der Waals surface area contributed by atoms with Crippen LogP contribution >= 0.6 is 11.6 Å². The first-order valence-corrected chi connectivity index (χ1v) is 8.57. The van der Waals surface area contributed by atoms with E-state index < -0.39 is 0 Å². The van der Waals surface area contributed by atoms with E-state index in [9.17, 15) is 10.1 Å². The SMILES string of the molecule is CCc1nn(Cc2cc(Cl)c3c(c2)OCCO3)c(=O)c(C#N)c1CC. The lowest BCUT2D eigenvalue weighted by atomic mass is 10.0. The highest BCUT2D eigenvalue weighted by molar-refractivity contribution is 6.32. The molecule has 6 nitrogen and oxygen atoms in total. The van der Waals surface area contributed by atoms with Gasteiger partial charge in [-0.1, -0.05) is 25.4 Å². The van der Waals surface area contributed by atoms with E-state index in [1.54, 1.807) is 12.1 Å². The zero-order valence-corrected chi connectivity index (χ0v) is 14.9. The van der Waals surface area contributed by atoms with Crippen LogP contribution in [-0.2, 0) is 19.4 Å². The van der Waals surface area contributed by atoms with Gasteiger partial charge in [0.15, 0.2) is 11.5 Å². The molecule has 0 amide bonds. The van der Waals surface area contributed by atoms with Crippen LogP contribution in [-0.4, -0.2) is 23.0 Å². The van der Waals surface area contributed by atoms with Crippen LogP contribution in [0.2, 0.25) is 5.02 Å². The van der Waals surface area contributed by atoms with Crippen LogP contribution in [0.4, 0.5) is 0 Å². The lowest BCUT2D eigenvalue weighted by molar-refractivity contribution is 0.171. The molecule has 0 radical (unpaired) electrons. The van der Waals surface area contributed by atoms with Crippen molar-refractivity contribution >= 4 is 11.6 Å². The topological polar surface area (TPSA) is 77.1 Å². The van der Waals surface area contributed by atoms with Crippen LogP contribution < -0.4 is 15.0 Å². The molecule has 0 aliphatic carbocycles. The third kappa shape index (κ3) is 3.20. The molecule has 0 fully saturated rings. The maximum absolute atomic E-state index is 12.6. The quantitative estimate of drug-likeness (QED) is 0.838. The summed E-state index contributed by atoms with van der Waals surface area (Å²) in [5.74, 6) is 1.08. The molecule has 0 bridgehead atoms. The lowest BCUT2D eigenvalue weighted by Crippen LogP contribution is -2.29. The van der Waals surface area contributed by atoms with Crippen LogP contribution in [0, 0.1) is 11.3 Å². The number of ether oxygens (including phenoxy) is 2. The maximum Gasteiger partial charge on any atom is 0.285 e. The molecule has 25 heavy (non-hydrogen) atoms. The molecular weight excluding hydrogens is 342 g/mol. The monoisotopic (exact) mass is 359 g/mol. The Morgan fingerprint density at radius 2 is 2.04 bits per heavy atom. The average Bonchev–Trinajstić information content (AvgIpc) is 2.62. The molecule has 2 heterocycles. The fourth-order valence-electron chi connectivity index (χ4n) is 2.97. The van der Waals surface area contributed by atoms with Crippen LogP contribution in [0.5, 0.6) is 11.5 Å². The minimum absolute atomic E-state index is 0.165. The Morgan fingerprint density at radius 3 is 2.72 bits per heavy atom. The van der Waals surface area contributed by atoms with E-state index in [1.807, 2.05) is 19.9 Å². The van der Waals surface area contributed by atoms with Gasteiger partial charge in [-0.2, -0.15) is 10.4 Å². The second-order valence-corrected chi connectivity index (χ2v) is 6.09. The average molecular weight is 360 g/mol. The van der Waals surface area contributed by atoms with Crippen LogP contribution in [0.25, 0.3) is 0 Å². The van der Waals surface area contributed by atoms with Gasteiger partial charge in [0.25, 0.3) is 5.56 Å². The van der Waals surface area contributed by atoms with E-state index >= 15 is 0 Å². The molecule has 0 spiro atoms. The smallest absolute Gasteiger partial charge is 0.285 e. The highest BCUT2D eigenvalue weighted by atomic mass is 35.5. The Kier molecular flexibility index (Phi) is 4.95. The van der Waals surface area contributed by atoms with Crippen LogP contribution in [0.1, 0.15) is 36.2 Å². The molecule has 7 heteroatoms. The second kappa shape index (κ2) is 7.16. The number of aromatic nitrogens is 2. The Labute approximate surface area is 150 Å². The summed E-state index contributed by atoms with van der Waals surface area (Å²) in [6.07, 6.45) is 1.25. The molecule has 0 atom stereocenters. The van der Waals surface area contributed by atoms with E-state index in [0.717, 1.165) is 16.8 Å². The molecule has 0 N–H and O–H groups in total. The Hall–Kier alpha value is -2.52. The molecule has 3 rings (SSSR count). The summed E-state index contributed by atoms with van der Waals surface area (Å²) in [7, 11) is 0. The Bertz CT molecular complexity index is 915.